The highest BCUT2D eigenvalue weighted by atomic mass is 16.5. The van der Waals surface area contributed by atoms with E-state index in [1.54, 1.807) is 12.0 Å². The number of amides is 1. The summed E-state index contributed by atoms with van der Waals surface area (Å²) in [7, 11) is 1.62. The molecular formula is C15H19NO3. The summed E-state index contributed by atoms with van der Waals surface area (Å²) >= 11 is 0. The second-order valence-electron chi connectivity index (χ2n) is 5.66. The standard InChI is InChI=1S/C15H19NO3/c1-19-13-4-2-3-11(7-13)8-14(17)16-9-15(18,10-16)12-5-6-12/h2-4,7,12,18H,5-6,8-10H2,1H3. The van der Waals surface area contributed by atoms with Crippen LogP contribution in [0.5, 0.6) is 5.75 Å². The molecule has 0 aromatic heterocycles. The van der Waals surface area contributed by atoms with Gasteiger partial charge in [0, 0.05) is 0 Å². The van der Waals surface area contributed by atoms with Gasteiger partial charge in [-0.3, -0.25) is 4.79 Å². The van der Waals surface area contributed by atoms with Crippen LogP contribution in [0.1, 0.15) is 18.4 Å². The Hall–Kier alpha value is -1.55. The number of rotatable bonds is 4. The van der Waals surface area contributed by atoms with Crippen LogP contribution in [0.2, 0.25) is 0 Å². The largest absolute Gasteiger partial charge is 0.497 e. The predicted molar refractivity (Wildman–Crippen MR) is 71.0 cm³/mol. The molecule has 3 rings (SSSR count). The molecule has 1 aromatic carbocycles. The van der Waals surface area contributed by atoms with Crippen molar-refractivity contribution in [2.24, 2.45) is 5.92 Å². The minimum atomic E-state index is -0.593. The summed E-state index contributed by atoms with van der Waals surface area (Å²) in [4.78, 5) is 13.8. The maximum atomic E-state index is 12.1. The third-order valence-corrected chi connectivity index (χ3v) is 4.11. The molecule has 0 atom stereocenters. The fourth-order valence-electron chi connectivity index (χ4n) is 2.74. The van der Waals surface area contributed by atoms with Gasteiger partial charge in [0.05, 0.1) is 26.6 Å². The Bertz CT molecular complexity index is 490. The first-order valence-electron chi connectivity index (χ1n) is 6.74. The summed E-state index contributed by atoms with van der Waals surface area (Å²) < 4.78 is 5.15. The molecule has 1 saturated heterocycles. The number of benzene rings is 1. The lowest BCUT2D eigenvalue weighted by Crippen LogP contribution is -2.65. The van der Waals surface area contributed by atoms with Gasteiger partial charge in [-0.25, -0.2) is 0 Å². The molecule has 19 heavy (non-hydrogen) atoms. The van der Waals surface area contributed by atoms with E-state index in [4.69, 9.17) is 4.74 Å². The van der Waals surface area contributed by atoms with Crippen LogP contribution in [0.3, 0.4) is 0 Å². The van der Waals surface area contributed by atoms with Crippen LogP contribution in [-0.2, 0) is 11.2 Å². The van der Waals surface area contributed by atoms with Crippen LogP contribution < -0.4 is 4.74 Å². The summed E-state index contributed by atoms with van der Waals surface area (Å²) in [6.45, 7) is 1.00. The summed E-state index contributed by atoms with van der Waals surface area (Å²) in [5, 5.41) is 10.2. The number of hydrogen-bond acceptors (Lipinski definition) is 3. The van der Waals surface area contributed by atoms with Gasteiger partial charge in [0.15, 0.2) is 0 Å². The first-order chi connectivity index (χ1) is 9.10. The lowest BCUT2D eigenvalue weighted by molar-refractivity contribution is -0.158. The smallest absolute Gasteiger partial charge is 0.227 e. The molecule has 0 spiro atoms. The zero-order valence-electron chi connectivity index (χ0n) is 11.1. The van der Waals surface area contributed by atoms with Gasteiger partial charge >= 0.3 is 0 Å². The Labute approximate surface area is 113 Å². The predicted octanol–water partition coefficient (Wildman–Crippen LogP) is 1.22. The second kappa shape index (κ2) is 4.53. The molecule has 1 aromatic rings. The number of methoxy groups -OCH3 is 1. The Kier molecular flexibility index (Phi) is 2.97. The minimum absolute atomic E-state index is 0.0820. The van der Waals surface area contributed by atoms with Crippen molar-refractivity contribution >= 4 is 5.91 Å². The minimum Gasteiger partial charge on any atom is -0.497 e. The van der Waals surface area contributed by atoms with Crippen molar-refractivity contribution in [3.8, 4) is 5.75 Å². The van der Waals surface area contributed by atoms with E-state index in [2.05, 4.69) is 0 Å². The zero-order chi connectivity index (χ0) is 13.5. The summed E-state index contributed by atoms with van der Waals surface area (Å²) in [5.74, 6) is 1.27. The topological polar surface area (TPSA) is 49.8 Å². The van der Waals surface area contributed by atoms with Crippen molar-refractivity contribution in [2.75, 3.05) is 20.2 Å². The number of β-amino-alcohol motifs (C(OH)–C–C–N with tert-alkyl or cyclic N) is 1. The molecule has 1 heterocycles. The maximum absolute atomic E-state index is 12.1. The lowest BCUT2D eigenvalue weighted by Gasteiger charge is -2.47. The third kappa shape index (κ3) is 2.45. The van der Waals surface area contributed by atoms with E-state index in [-0.39, 0.29) is 5.91 Å². The number of ether oxygens (including phenoxy) is 1. The van der Waals surface area contributed by atoms with Crippen LogP contribution in [0.4, 0.5) is 0 Å². The normalized spacial score (nSPS) is 20.8. The van der Waals surface area contributed by atoms with Crippen molar-refractivity contribution in [3.63, 3.8) is 0 Å². The molecule has 1 aliphatic heterocycles. The van der Waals surface area contributed by atoms with Gasteiger partial charge < -0.3 is 14.7 Å². The number of aliphatic hydroxyl groups is 1. The van der Waals surface area contributed by atoms with Gasteiger partial charge in [-0.2, -0.15) is 0 Å². The van der Waals surface area contributed by atoms with E-state index >= 15 is 0 Å². The van der Waals surface area contributed by atoms with Gasteiger partial charge in [-0.05, 0) is 36.5 Å². The Balaban J connectivity index is 1.57. The van der Waals surface area contributed by atoms with Crippen molar-refractivity contribution in [2.45, 2.75) is 24.9 Å². The summed E-state index contributed by atoms with van der Waals surface area (Å²) in [6.07, 6.45) is 2.58. The Morgan fingerprint density at radius 2 is 2.21 bits per heavy atom. The molecule has 102 valence electrons. The molecule has 4 nitrogen and oxygen atoms in total. The zero-order valence-corrected chi connectivity index (χ0v) is 11.1. The molecule has 4 heteroatoms. The van der Waals surface area contributed by atoms with E-state index in [0.717, 1.165) is 24.2 Å². The van der Waals surface area contributed by atoms with E-state index in [1.165, 1.54) is 0 Å². The number of likely N-dealkylation sites (tertiary alicyclic amines) is 1. The highest BCUT2D eigenvalue weighted by Crippen LogP contribution is 2.44. The monoisotopic (exact) mass is 261 g/mol. The van der Waals surface area contributed by atoms with Crippen molar-refractivity contribution < 1.29 is 14.6 Å². The van der Waals surface area contributed by atoms with Gasteiger partial charge in [0.2, 0.25) is 5.91 Å². The SMILES string of the molecule is COc1cccc(CC(=O)N2CC(O)(C3CC3)C2)c1. The highest BCUT2D eigenvalue weighted by Gasteiger charge is 2.53. The summed E-state index contributed by atoms with van der Waals surface area (Å²) in [6, 6.07) is 7.56. The maximum Gasteiger partial charge on any atom is 0.227 e. The average molecular weight is 261 g/mol. The van der Waals surface area contributed by atoms with Crippen LogP contribution in [0, 0.1) is 5.92 Å². The van der Waals surface area contributed by atoms with E-state index in [9.17, 15) is 9.90 Å². The quantitative estimate of drug-likeness (QED) is 0.886. The van der Waals surface area contributed by atoms with Gasteiger partial charge in [-0.1, -0.05) is 12.1 Å². The molecular weight excluding hydrogens is 242 g/mol. The number of nitrogens with zero attached hydrogens (tertiary/aromatic N) is 1. The van der Waals surface area contributed by atoms with Crippen LogP contribution >= 0.6 is 0 Å². The van der Waals surface area contributed by atoms with Crippen molar-refractivity contribution in [1.29, 1.82) is 0 Å². The Morgan fingerprint density at radius 1 is 1.47 bits per heavy atom. The molecule has 1 amide bonds. The van der Waals surface area contributed by atoms with Gasteiger partial charge in [-0.15, -0.1) is 0 Å². The molecule has 1 saturated carbocycles. The van der Waals surface area contributed by atoms with Crippen LogP contribution in [0.25, 0.3) is 0 Å². The molecule has 0 bridgehead atoms. The molecule has 1 N–H and O–H groups in total. The molecule has 0 radical (unpaired) electrons. The molecule has 1 aliphatic carbocycles. The van der Waals surface area contributed by atoms with Crippen LogP contribution in [-0.4, -0.2) is 41.7 Å². The summed E-state index contributed by atoms with van der Waals surface area (Å²) in [5.41, 5.74) is 0.357. The first kappa shape index (κ1) is 12.5. The number of hydrogen-bond donors (Lipinski definition) is 1. The van der Waals surface area contributed by atoms with E-state index in [0.29, 0.717) is 25.4 Å². The van der Waals surface area contributed by atoms with Crippen molar-refractivity contribution in [3.05, 3.63) is 29.8 Å². The molecule has 2 fully saturated rings. The lowest BCUT2D eigenvalue weighted by atomic mass is 9.88. The highest BCUT2D eigenvalue weighted by molar-refractivity contribution is 5.80. The van der Waals surface area contributed by atoms with E-state index < -0.39 is 5.60 Å². The molecule has 2 aliphatic rings. The Morgan fingerprint density at radius 3 is 2.84 bits per heavy atom. The van der Waals surface area contributed by atoms with Gasteiger partial charge in [0.1, 0.15) is 11.4 Å². The van der Waals surface area contributed by atoms with Crippen LogP contribution in [0.15, 0.2) is 24.3 Å². The number of carbonyl (C=O) groups excluding carboxylic acids is 1. The second-order valence-corrected chi connectivity index (χ2v) is 5.66. The number of carbonyl (C=O) groups is 1. The van der Waals surface area contributed by atoms with Gasteiger partial charge in [0.25, 0.3) is 0 Å². The molecule has 0 unspecified atom stereocenters. The third-order valence-electron chi connectivity index (χ3n) is 4.11. The first-order valence-corrected chi connectivity index (χ1v) is 6.74. The van der Waals surface area contributed by atoms with E-state index in [1.807, 2.05) is 24.3 Å². The van der Waals surface area contributed by atoms with Crippen molar-refractivity contribution in [1.82, 2.24) is 4.90 Å². The average Bonchev–Trinajstić information content (AvgIpc) is 3.19. The fourth-order valence-corrected chi connectivity index (χ4v) is 2.74. The fraction of sp³-hybridized carbons (Fsp3) is 0.533.